The minimum absolute atomic E-state index is 0.671. The van der Waals surface area contributed by atoms with Crippen LogP contribution in [0.25, 0.3) is 0 Å². The zero-order valence-corrected chi connectivity index (χ0v) is 12.0. The molecule has 3 N–H and O–H groups in total. The van der Waals surface area contributed by atoms with Gasteiger partial charge in [-0.3, -0.25) is 0 Å². The van der Waals surface area contributed by atoms with Gasteiger partial charge in [0, 0.05) is 17.8 Å². The van der Waals surface area contributed by atoms with Crippen LogP contribution in [0.4, 0.5) is 17.3 Å². The predicted octanol–water partition coefficient (Wildman–Crippen LogP) is 2.12. The Morgan fingerprint density at radius 3 is 2.65 bits per heavy atom. The Hall–Kier alpha value is -2.21. The van der Waals surface area contributed by atoms with E-state index in [1.165, 1.54) is 0 Å². The minimum atomic E-state index is 0.671. The second kappa shape index (κ2) is 6.81. The third-order valence-corrected chi connectivity index (χ3v) is 3.06. The van der Waals surface area contributed by atoms with Crippen molar-refractivity contribution in [1.82, 2.24) is 4.57 Å². The lowest BCUT2D eigenvalue weighted by molar-refractivity contribution is -0.657. The Balaban J connectivity index is 2.15. The summed E-state index contributed by atoms with van der Waals surface area (Å²) in [7, 11) is 3.85. The normalized spacial score (nSPS) is 11.2. The van der Waals surface area contributed by atoms with Crippen molar-refractivity contribution in [2.75, 3.05) is 18.9 Å². The molecular weight excluding hydrogens is 252 g/mol. The first-order chi connectivity index (χ1) is 9.74. The summed E-state index contributed by atoms with van der Waals surface area (Å²) >= 11 is 0. The molecule has 2 rings (SSSR count). The van der Waals surface area contributed by atoms with Crippen LogP contribution in [0.1, 0.15) is 6.42 Å². The van der Waals surface area contributed by atoms with Gasteiger partial charge in [0.2, 0.25) is 0 Å². The number of hydrogen-bond acceptors (Lipinski definition) is 4. The molecule has 0 aliphatic rings. The minimum Gasteiger partial charge on any atom is -0.388 e. The maximum Gasteiger partial charge on any atom is 0.421 e. The third-order valence-electron chi connectivity index (χ3n) is 3.06. The average molecular weight is 273 g/mol. The fraction of sp³-hybridized carbons (Fsp3) is 0.357. The molecule has 0 radical (unpaired) electrons. The molecule has 20 heavy (non-hydrogen) atoms. The highest BCUT2D eigenvalue weighted by atomic mass is 15.3. The molecule has 0 amide bonds. The second-order valence-corrected chi connectivity index (χ2v) is 4.54. The van der Waals surface area contributed by atoms with Crippen LogP contribution in [-0.4, -0.2) is 18.2 Å². The Morgan fingerprint density at radius 1 is 1.25 bits per heavy atom. The topological polar surface area (TPSA) is 71.6 Å². The van der Waals surface area contributed by atoms with Gasteiger partial charge >= 0.3 is 5.95 Å². The van der Waals surface area contributed by atoms with Crippen molar-refractivity contribution < 1.29 is 4.57 Å². The number of nitrogens with zero attached hydrogens (tertiary/aromatic N) is 4. The van der Waals surface area contributed by atoms with E-state index in [4.69, 9.17) is 5.73 Å². The van der Waals surface area contributed by atoms with Crippen molar-refractivity contribution in [3.05, 3.63) is 36.7 Å². The Kier molecular flexibility index (Phi) is 4.84. The predicted molar refractivity (Wildman–Crippen MR) is 79.4 cm³/mol. The lowest BCUT2D eigenvalue weighted by Gasteiger charge is -1.98. The molecule has 0 aliphatic carbocycles. The molecule has 0 fully saturated rings. The van der Waals surface area contributed by atoms with Gasteiger partial charge < -0.3 is 11.1 Å². The summed E-state index contributed by atoms with van der Waals surface area (Å²) in [6.07, 6.45) is 4.89. The quantitative estimate of drug-likeness (QED) is 0.625. The van der Waals surface area contributed by atoms with Crippen molar-refractivity contribution in [2.45, 2.75) is 13.0 Å². The van der Waals surface area contributed by atoms with Gasteiger partial charge in [-0.2, -0.15) is 0 Å². The number of anilines is 1. The lowest BCUT2D eigenvalue weighted by atomic mass is 10.3. The number of imidazole rings is 1. The number of hydrogen-bond donors (Lipinski definition) is 2. The first-order valence-corrected chi connectivity index (χ1v) is 6.69. The van der Waals surface area contributed by atoms with E-state index in [0.717, 1.165) is 30.3 Å². The molecule has 1 aromatic heterocycles. The molecule has 0 unspecified atom stereocenters. The van der Waals surface area contributed by atoms with Gasteiger partial charge in [-0.05, 0) is 37.2 Å². The molecule has 106 valence electrons. The summed E-state index contributed by atoms with van der Waals surface area (Å²) in [4.78, 5) is 0. The van der Waals surface area contributed by atoms with Gasteiger partial charge in [0.1, 0.15) is 5.69 Å². The highest BCUT2D eigenvalue weighted by Gasteiger charge is 2.13. The van der Waals surface area contributed by atoms with Gasteiger partial charge in [0.25, 0.3) is 0 Å². The molecule has 6 heteroatoms. The van der Waals surface area contributed by atoms with Crippen molar-refractivity contribution in [3.8, 4) is 0 Å². The molecule has 0 saturated heterocycles. The summed E-state index contributed by atoms with van der Waals surface area (Å²) in [5.74, 6) is 0.816. The summed E-state index contributed by atoms with van der Waals surface area (Å²) in [6.45, 7) is 1.52. The van der Waals surface area contributed by atoms with Crippen molar-refractivity contribution >= 4 is 17.3 Å². The molecule has 1 heterocycles. The van der Waals surface area contributed by atoms with Gasteiger partial charge in [-0.15, -0.1) is 0 Å². The van der Waals surface area contributed by atoms with Crippen LogP contribution in [0.15, 0.2) is 46.9 Å². The second-order valence-electron chi connectivity index (χ2n) is 4.54. The van der Waals surface area contributed by atoms with Crippen LogP contribution < -0.4 is 15.6 Å². The molecular formula is C14H21N6+. The SMILES string of the molecule is CNc1ccc(N=Nc2n(CCCN)cc[n+]2C)cc1. The number of nitrogens with two attached hydrogens (primary N) is 1. The summed E-state index contributed by atoms with van der Waals surface area (Å²) in [5.41, 5.74) is 7.43. The number of nitrogens with one attached hydrogen (secondary N) is 1. The van der Waals surface area contributed by atoms with Crippen molar-refractivity contribution in [2.24, 2.45) is 23.0 Å². The molecule has 1 aromatic carbocycles. The Morgan fingerprint density at radius 2 is 2.00 bits per heavy atom. The van der Waals surface area contributed by atoms with E-state index < -0.39 is 0 Å². The highest BCUT2D eigenvalue weighted by Crippen LogP contribution is 2.18. The summed E-state index contributed by atoms with van der Waals surface area (Å²) in [5, 5.41) is 11.7. The highest BCUT2D eigenvalue weighted by molar-refractivity contribution is 5.50. The molecule has 0 spiro atoms. The summed E-state index contributed by atoms with van der Waals surface area (Å²) < 4.78 is 4.00. The van der Waals surface area contributed by atoms with Crippen LogP contribution >= 0.6 is 0 Å². The maximum atomic E-state index is 5.55. The number of benzene rings is 1. The van der Waals surface area contributed by atoms with E-state index in [2.05, 4.69) is 20.1 Å². The third kappa shape index (κ3) is 3.42. The number of aryl methyl sites for hydroxylation is 2. The first-order valence-electron chi connectivity index (χ1n) is 6.69. The average Bonchev–Trinajstić information content (AvgIpc) is 2.84. The van der Waals surface area contributed by atoms with Gasteiger partial charge in [-0.25, -0.2) is 9.13 Å². The molecule has 0 saturated carbocycles. The smallest absolute Gasteiger partial charge is 0.388 e. The lowest BCUT2D eigenvalue weighted by Crippen LogP contribution is -2.25. The molecule has 0 bridgehead atoms. The summed E-state index contributed by atoms with van der Waals surface area (Å²) in [6, 6.07) is 7.81. The van der Waals surface area contributed by atoms with E-state index >= 15 is 0 Å². The first kappa shape index (κ1) is 14.2. The Bertz CT molecular complexity index is 570. The van der Waals surface area contributed by atoms with Gasteiger partial charge in [0.15, 0.2) is 0 Å². The van der Waals surface area contributed by atoms with E-state index in [1.807, 2.05) is 55.3 Å². The molecule has 0 atom stereocenters. The maximum absolute atomic E-state index is 5.55. The number of azo groups is 1. The van der Waals surface area contributed by atoms with Crippen LogP contribution in [0.2, 0.25) is 0 Å². The fourth-order valence-corrected chi connectivity index (χ4v) is 1.88. The largest absolute Gasteiger partial charge is 0.421 e. The number of rotatable bonds is 6. The van der Waals surface area contributed by atoms with Crippen molar-refractivity contribution in [3.63, 3.8) is 0 Å². The molecule has 0 aliphatic heterocycles. The van der Waals surface area contributed by atoms with Crippen LogP contribution in [0, 0.1) is 0 Å². The van der Waals surface area contributed by atoms with E-state index in [-0.39, 0.29) is 0 Å². The fourth-order valence-electron chi connectivity index (χ4n) is 1.88. The molecule has 2 aromatic rings. The van der Waals surface area contributed by atoms with Crippen LogP contribution in [0.3, 0.4) is 0 Å². The van der Waals surface area contributed by atoms with Crippen molar-refractivity contribution in [1.29, 1.82) is 0 Å². The van der Waals surface area contributed by atoms with E-state index in [1.54, 1.807) is 0 Å². The van der Waals surface area contributed by atoms with Crippen LogP contribution in [0.5, 0.6) is 0 Å². The standard InChI is InChI=1S/C14H20N6/c1-16-12-4-6-13(7-5-12)17-18-14-19(2)10-11-20(14)9-3-8-15/h4-7,10-11H,3,8-9,15H2,1-2H3/p+1. The Labute approximate surface area is 118 Å². The van der Waals surface area contributed by atoms with E-state index in [0.29, 0.717) is 6.54 Å². The monoisotopic (exact) mass is 273 g/mol. The van der Waals surface area contributed by atoms with Gasteiger partial charge in [0.05, 0.1) is 26.0 Å². The zero-order chi connectivity index (χ0) is 14.4. The van der Waals surface area contributed by atoms with E-state index in [9.17, 15) is 0 Å². The van der Waals surface area contributed by atoms with Gasteiger partial charge in [-0.1, -0.05) is 5.11 Å². The number of aromatic nitrogens is 2. The zero-order valence-electron chi connectivity index (χ0n) is 12.0. The van der Waals surface area contributed by atoms with Crippen LogP contribution in [-0.2, 0) is 13.6 Å². The molecule has 6 nitrogen and oxygen atoms in total.